The van der Waals surface area contributed by atoms with Crippen molar-refractivity contribution in [3.8, 4) is 17.1 Å². The molecular formula is C26H22N6O3S2. The van der Waals surface area contributed by atoms with E-state index in [1.165, 1.54) is 0 Å². The number of sulfonamides is 1. The van der Waals surface area contributed by atoms with Crippen LogP contribution in [0.4, 0.5) is 11.4 Å². The van der Waals surface area contributed by atoms with E-state index < -0.39 is 15.9 Å². The SMILES string of the molecule is Cc1cccc(-n2nc(C(=O)Nc3cccc(NS(=O)(=O)C4CC4)c3)cc2-c2ccc3ncsc3c2)n1. The minimum Gasteiger partial charge on any atom is -0.321 e. The Bertz CT molecular complexity index is 1760. The van der Waals surface area contributed by atoms with Crippen LogP contribution >= 0.6 is 11.3 Å². The van der Waals surface area contributed by atoms with E-state index in [0.29, 0.717) is 35.7 Å². The van der Waals surface area contributed by atoms with Crippen molar-refractivity contribution < 1.29 is 13.2 Å². The normalized spacial score (nSPS) is 13.5. The van der Waals surface area contributed by atoms with E-state index in [1.54, 1.807) is 51.9 Å². The smallest absolute Gasteiger partial charge is 0.276 e. The van der Waals surface area contributed by atoms with Crippen LogP contribution in [0.2, 0.25) is 0 Å². The van der Waals surface area contributed by atoms with Gasteiger partial charge < -0.3 is 5.32 Å². The van der Waals surface area contributed by atoms with Gasteiger partial charge in [0.1, 0.15) is 0 Å². The standard InChI is InChI=1S/C26H22N6O3S2/c1-16-4-2-7-25(28-16)32-23(17-8-11-21-24(12-17)36-15-27-21)14-22(30-32)26(33)29-18-5-3-6-19(13-18)31-37(34,35)20-9-10-20/h2-8,11-15,20,31H,9-10H2,1H3,(H,29,33). The summed E-state index contributed by atoms with van der Waals surface area (Å²) in [6.45, 7) is 1.90. The van der Waals surface area contributed by atoms with Gasteiger partial charge in [-0.25, -0.2) is 23.1 Å². The minimum absolute atomic E-state index is 0.201. The lowest BCUT2D eigenvalue weighted by atomic mass is 10.1. The van der Waals surface area contributed by atoms with Crippen molar-refractivity contribution in [2.45, 2.75) is 25.0 Å². The molecule has 1 aliphatic rings. The second-order valence-electron chi connectivity index (χ2n) is 8.88. The molecule has 37 heavy (non-hydrogen) atoms. The third kappa shape index (κ3) is 4.83. The monoisotopic (exact) mass is 530 g/mol. The molecule has 0 spiro atoms. The number of fused-ring (bicyclic) bond motifs is 1. The first-order valence-electron chi connectivity index (χ1n) is 11.7. The average Bonchev–Trinajstić information content (AvgIpc) is 3.48. The fraction of sp³-hybridized carbons (Fsp3) is 0.154. The molecule has 0 bridgehead atoms. The molecule has 0 atom stereocenters. The number of anilines is 2. The molecule has 0 unspecified atom stereocenters. The Morgan fingerprint density at radius 1 is 1.03 bits per heavy atom. The molecule has 0 radical (unpaired) electrons. The molecule has 1 aliphatic carbocycles. The van der Waals surface area contributed by atoms with Gasteiger partial charge in [-0.1, -0.05) is 18.2 Å². The molecule has 11 heteroatoms. The van der Waals surface area contributed by atoms with Crippen molar-refractivity contribution in [1.82, 2.24) is 19.7 Å². The number of carbonyl (C=O) groups excluding carboxylic acids is 1. The number of hydrogen-bond acceptors (Lipinski definition) is 7. The summed E-state index contributed by atoms with van der Waals surface area (Å²) in [6, 6.07) is 19.9. The van der Waals surface area contributed by atoms with Gasteiger partial charge in [-0.3, -0.25) is 9.52 Å². The molecule has 1 amide bonds. The van der Waals surface area contributed by atoms with Crippen molar-refractivity contribution in [2.75, 3.05) is 10.0 Å². The van der Waals surface area contributed by atoms with Crippen LogP contribution in [0, 0.1) is 6.92 Å². The van der Waals surface area contributed by atoms with Crippen LogP contribution in [0.15, 0.2) is 72.2 Å². The number of amides is 1. The minimum atomic E-state index is -3.41. The maximum atomic E-state index is 13.2. The van der Waals surface area contributed by atoms with E-state index in [-0.39, 0.29) is 10.9 Å². The van der Waals surface area contributed by atoms with E-state index in [4.69, 9.17) is 0 Å². The fourth-order valence-electron chi connectivity index (χ4n) is 4.01. The number of thiazole rings is 1. The molecule has 0 aliphatic heterocycles. The Kier molecular flexibility index (Phi) is 5.73. The molecule has 186 valence electrons. The molecule has 0 saturated heterocycles. The van der Waals surface area contributed by atoms with Gasteiger partial charge in [0.05, 0.1) is 32.4 Å². The second-order valence-corrected chi connectivity index (χ2v) is 11.7. The molecular weight excluding hydrogens is 508 g/mol. The number of nitrogens with zero attached hydrogens (tertiary/aromatic N) is 4. The van der Waals surface area contributed by atoms with Gasteiger partial charge >= 0.3 is 0 Å². The van der Waals surface area contributed by atoms with Crippen LogP contribution in [0.3, 0.4) is 0 Å². The molecule has 1 saturated carbocycles. The number of benzene rings is 2. The fourth-order valence-corrected chi connectivity index (χ4v) is 6.11. The third-order valence-electron chi connectivity index (χ3n) is 6.00. The summed E-state index contributed by atoms with van der Waals surface area (Å²) < 4.78 is 29.9. The van der Waals surface area contributed by atoms with Gasteiger partial charge in [0.15, 0.2) is 11.5 Å². The summed E-state index contributed by atoms with van der Waals surface area (Å²) in [5.74, 6) is 0.170. The van der Waals surface area contributed by atoms with E-state index in [0.717, 1.165) is 21.5 Å². The first-order chi connectivity index (χ1) is 17.9. The van der Waals surface area contributed by atoms with E-state index in [1.807, 2.05) is 43.3 Å². The van der Waals surface area contributed by atoms with Crippen LogP contribution in [-0.4, -0.2) is 39.3 Å². The Labute approximate surface area is 217 Å². The Balaban J connectivity index is 1.33. The van der Waals surface area contributed by atoms with Crippen LogP contribution < -0.4 is 10.0 Å². The van der Waals surface area contributed by atoms with E-state index >= 15 is 0 Å². The lowest BCUT2D eigenvalue weighted by Crippen LogP contribution is -2.18. The van der Waals surface area contributed by atoms with E-state index in [9.17, 15) is 13.2 Å². The molecule has 2 N–H and O–H groups in total. The average molecular weight is 531 g/mol. The maximum Gasteiger partial charge on any atom is 0.276 e. The molecule has 2 aromatic carbocycles. The highest BCUT2D eigenvalue weighted by Crippen LogP contribution is 2.31. The van der Waals surface area contributed by atoms with Crippen LogP contribution in [0.25, 0.3) is 27.3 Å². The Hall–Kier alpha value is -4.09. The summed E-state index contributed by atoms with van der Waals surface area (Å²) in [7, 11) is -3.41. The largest absolute Gasteiger partial charge is 0.321 e. The maximum absolute atomic E-state index is 13.2. The molecule has 5 aromatic rings. The molecule has 1 fully saturated rings. The van der Waals surface area contributed by atoms with Gasteiger partial charge in [0.2, 0.25) is 10.0 Å². The number of hydrogen-bond donors (Lipinski definition) is 2. The highest BCUT2D eigenvalue weighted by molar-refractivity contribution is 7.93. The van der Waals surface area contributed by atoms with Crippen molar-refractivity contribution in [1.29, 1.82) is 0 Å². The van der Waals surface area contributed by atoms with Gasteiger partial charge in [0.25, 0.3) is 5.91 Å². The predicted octanol–water partition coefficient (Wildman–Crippen LogP) is 5.01. The van der Waals surface area contributed by atoms with Gasteiger partial charge in [0, 0.05) is 16.9 Å². The van der Waals surface area contributed by atoms with Gasteiger partial charge in [-0.2, -0.15) is 5.10 Å². The van der Waals surface area contributed by atoms with Crippen LogP contribution in [0.5, 0.6) is 0 Å². The number of carbonyl (C=O) groups is 1. The topological polar surface area (TPSA) is 119 Å². The summed E-state index contributed by atoms with van der Waals surface area (Å²) in [5.41, 5.74) is 6.18. The molecule has 6 rings (SSSR count). The van der Waals surface area contributed by atoms with Crippen LogP contribution in [0.1, 0.15) is 29.0 Å². The molecule has 3 aromatic heterocycles. The van der Waals surface area contributed by atoms with Crippen molar-refractivity contribution in [3.05, 3.63) is 83.6 Å². The summed E-state index contributed by atoms with van der Waals surface area (Å²) in [6.07, 6.45) is 1.34. The Morgan fingerprint density at radius 3 is 2.65 bits per heavy atom. The molecule has 9 nitrogen and oxygen atoms in total. The number of nitrogens with one attached hydrogen (secondary N) is 2. The predicted molar refractivity (Wildman–Crippen MR) is 145 cm³/mol. The number of rotatable bonds is 7. The zero-order valence-corrected chi connectivity index (χ0v) is 21.4. The number of aryl methyl sites for hydroxylation is 1. The first kappa shape index (κ1) is 23.3. The highest BCUT2D eigenvalue weighted by atomic mass is 32.2. The number of aromatic nitrogens is 4. The molecule has 3 heterocycles. The Morgan fingerprint density at radius 2 is 1.84 bits per heavy atom. The van der Waals surface area contributed by atoms with Gasteiger partial charge in [-0.15, -0.1) is 11.3 Å². The lowest BCUT2D eigenvalue weighted by molar-refractivity contribution is 0.102. The van der Waals surface area contributed by atoms with Crippen LogP contribution in [-0.2, 0) is 10.0 Å². The highest BCUT2D eigenvalue weighted by Gasteiger charge is 2.35. The van der Waals surface area contributed by atoms with Crippen molar-refractivity contribution in [2.24, 2.45) is 0 Å². The van der Waals surface area contributed by atoms with E-state index in [2.05, 4.69) is 25.1 Å². The van der Waals surface area contributed by atoms with Gasteiger partial charge in [-0.05, 0) is 68.3 Å². The zero-order valence-electron chi connectivity index (χ0n) is 19.7. The third-order valence-corrected chi connectivity index (χ3v) is 8.66. The van der Waals surface area contributed by atoms with Crippen molar-refractivity contribution >= 4 is 48.9 Å². The quantitative estimate of drug-likeness (QED) is 0.305. The first-order valence-corrected chi connectivity index (χ1v) is 14.1. The number of pyridine rings is 1. The summed E-state index contributed by atoms with van der Waals surface area (Å²) in [5, 5.41) is 7.08. The zero-order chi connectivity index (χ0) is 25.6. The van der Waals surface area contributed by atoms with Crippen molar-refractivity contribution in [3.63, 3.8) is 0 Å². The second kappa shape index (κ2) is 9.09. The summed E-state index contributed by atoms with van der Waals surface area (Å²) in [4.78, 5) is 22.2. The summed E-state index contributed by atoms with van der Waals surface area (Å²) >= 11 is 1.54. The lowest BCUT2D eigenvalue weighted by Gasteiger charge is -2.09.